The van der Waals surface area contributed by atoms with Crippen molar-refractivity contribution in [3.05, 3.63) is 59.6 Å². The number of hydrogen-bond acceptors (Lipinski definition) is 3. The van der Waals surface area contributed by atoms with Crippen LogP contribution in [0.4, 0.5) is 8.78 Å². The molecule has 0 aliphatic heterocycles. The summed E-state index contributed by atoms with van der Waals surface area (Å²) in [5.74, 6) is -1.50. The first kappa shape index (κ1) is 15.2. The van der Waals surface area contributed by atoms with Crippen LogP contribution in [0, 0.1) is 11.6 Å². The number of carbonyl (C=O) groups is 1. The fourth-order valence-corrected chi connectivity index (χ4v) is 1.98. The molecule has 0 saturated heterocycles. The number of halogens is 2. The van der Waals surface area contributed by atoms with E-state index in [1.807, 2.05) is 19.0 Å². The van der Waals surface area contributed by atoms with Crippen LogP contribution in [0.15, 0.2) is 41.0 Å². The second-order valence-corrected chi connectivity index (χ2v) is 4.83. The van der Waals surface area contributed by atoms with Crippen LogP contribution in [-0.4, -0.2) is 31.4 Å². The largest absolute Gasteiger partial charge is 0.468 e. The van der Waals surface area contributed by atoms with Crippen molar-refractivity contribution in [3.8, 4) is 0 Å². The van der Waals surface area contributed by atoms with Crippen molar-refractivity contribution in [2.45, 2.75) is 6.04 Å². The molecule has 0 aliphatic carbocycles. The smallest absolute Gasteiger partial charge is 0.254 e. The SMILES string of the molecule is CN(C)C(CNC(=O)c1ccc(F)cc1F)c1ccco1. The van der Waals surface area contributed by atoms with Gasteiger partial charge in [0.25, 0.3) is 5.91 Å². The van der Waals surface area contributed by atoms with E-state index in [2.05, 4.69) is 5.32 Å². The molecule has 21 heavy (non-hydrogen) atoms. The third-order valence-corrected chi connectivity index (χ3v) is 3.13. The van der Waals surface area contributed by atoms with Crippen LogP contribution >= 0.6 is 0 Å². The van der Waals surface area contributed by atoms with Gasteiger partial charge in [0.05, 0.1) is 17.9 Å². The third kappa shape index (κ3) is 3.66. The average Bonchev–Trinajstić information content (AvgIpc) is 2.92. The number of likely N-dealkylation sites (N-methyl/N-ethyl adjacent to an activating group) is 1. The summed E-state index contributed by atoms with van der Waals surface area (Å²) >= 11 is 0. The van der Waals surface area contributed by atoms with Crippen molar-refractivity contribution in [1.29, 1.82) is 0 Å². The van der Waals surface area contributed by atoms with E-state index in [0.29, 0.717) is 11.8 Å². The van der Waals surface area contributed by atoms with E-state index in [1.54, 1.807) is 18.4 Å². The lowest BCUT2D eigenvalue weighted by Crippen LogP contribution is -2.34. The summed E-state index contributed by atoms with van der Waals surface area (Å²) in [4.78, 5) is 13.8. The second kappa shape index (κ2) is 6.49. The highest BCUT2D eigenvalue weighted by atomic mass is 19.1. The molecule has 0 saturated carbocycles. The first-order chi connectivity index (χ1) is 9.99. The van der Waals surface area contributed by atoms with Crippen molar-refractivity contribution < 1.29 is 18.0 Å². The monoisotopic (exact) mass is 294 g/mol. The Morgan fingerprint density at radius 2 is 2.10 bits per heavy atom. The molecule has 0 bridgehead atoms. The summed E-state index contributed by atoms with van der Waals surface area (Å²) in [7, 11) is 3.69. The molecule has 1 aromatic heterocycles. The third-order valence-electron chi connectivity index (χ3n) is 3.13. The summed E-state index contributed by atoms with van der Waals surface area (Å²) in [5.41, 5.74) is -0.187. The van der Waals surface area contributed by atoms with Gasteiger partial charge in [-0.05, 0) is 38.4 Å². The molecule has 6 heteroatoms. The van der Waals surface area contributed by atoms with Crippen molar-refractivity contribution in [1.82, 2.24) is 10.2 Å². The van der Waals surface area contributed by atoms with Gasteiger partial charge in [-0.15, -0.1) is 0 Å². The Kier molecular flexibility index (Phi) is 4.70. The van der Waals surface area contributed by atoms with Crippen molar-refractivity contribution in [2.24, 2.45) is 0 Å². The van der Waals surface area contributed by atoms with Gasteiger partial charge < -0.3 is 9.73 Å². The highest BCUT2D eigenvalue weighted by Crippen LogP contribution is 2.18. The summed E-state index contributed by atoms with van der Waals surface area (Å²) < 4.78 is 31.7. The fourth-order valence-electron chi connectivity index (χ4n) is 1.98. The van der Waals surface area contributed by atoms with E-state index >= 15 is 0 Å². The molecule has 1 N–H and O–H groups in total. The minimum absolute atomic E-state index is 0.174. The first-order valence-corrected chi connectivity index (χ1v) is 6.42. The number of furan rings is 1. The molecule has 2 aromatic rings. The standard InChI is InChI=1S/C15H16F2N2O2/c1-19(2)13(14-4-3-7-21-14)9-18-15(20)11-6-5-10(16)8-12(11)17/h3-8,13H,9H2,1-2H3,(H,18,20). The summed E-state index contributed by atoms with van der Waals surface area (Å²) in [6.45, 7) is 0.246. The van der Waals surface area contributed by atoms with E-state index in [0.717, 1.165) is 12.1 Å². The molecule has 4 nitrogen and oxygen atoms in total. The fraction of sp³-hybridized carbons (Fsp3) is 0.267. The lowest BCUT2D eigenvalue weighted by molar-refractivity contribution is 0.0935. The van der Waals surface area contributed by atoms with Crippen LogP contribution in [0.1, 0.15) is 22.2 Å². The molecule has 0 aliphatic rings. The molecule has 1 amide bonds. The molecule has 112 valence electrons. The maximum Gasteiger partial charge on any atom is 0.254 e. The van der Waals surface area contributed by atoms with Gasteiger partial charge in [0, 0.05) is 12.6 Å². The van der Waals surface area contributed by atoms with Gasteiger partial charge in [-0.25, -0.2) is 8.78 Å². The zero-order valence-electron chi connectivity index (χ0n) is 11.8. The normalized spacial score (nSPS) is 12.4. The molecule has 1 atom stereocenters. The van der Waals surface area contributed by atoms with Gasteiger partial charge in [-0.3, -0.25) is 9.69 Å². The highest BCUT2D eigenvalue weighted by Gasteiger charge is 2.19. The van der Waals surface area contributed by atoms with Crippen molar-refractivity contribution in [3.63, 3.8) is 0 Å². The lowest BCUT2D eigenvalue weighted by Gasteiger charge is -2.22. The van der Waals surface area contributed by atoms with Gasteiger partial charge in [0.1, 0.15) is 17.4 Å². The predicted molar refractivity (Wildman–Crippen MR) is 73.8 cm³/mol. The summed E-state index contributed by atoms with van der Waals surface area (Å²) in [6, 6.07) is 6.24. The molecule has 1 aromatic carbocycles. The lowest BCUT2D eigenvalue weighted by atomic mass is 10.1. The van der Waals surface area contributed by atoms with Gasteiger partial charge in [0.2, 0.25) is 0 Å². The number of nitrogens with one attached hydrogen (secondary N) is 1. The molecule has 1 unspecified atom stereocenters. The average molecular weight is 294 g/mol. The minimum Gasteiger partial charge on any atom is -0.468 e. The van der Waals surface area contributed by atoms with Crippen LogP contribution in [0.25, 0.3) is 0 Å². The Morgan fingerprint density at radius 1 is 1.33 bits per heavy atom. The van der Waals surface area contributed by atoms with Crippen molar-refractivity contribution in [2.75, 3.05) is 20.6 Å². The maximum absolute atomic E-state index is 13.5. The quantitative estimate of drug-likeness (QED) is 0.922. The highest BCUT2D eigenvalue weighted by molar-refractivity contribution is 5.94. The molecular formula is C15H16F2N2O2. The minimum atomic E-state index is -0.882. The van der Waals surface area contributed by atoms with Gasteiger partial charge in [0.15, 0.2) is 0 Å². The number of nitrogens with zero attached hydrogens (tertiary/aromatic N) is 1. The molecular weight excluding hydrogens is 278 g/mol. The Labute approximate surface area is 121 Å². The van der Waals surface area contributed by atoms with Crippen LogP contribution in [0.5, 0.6) is 0 Å². The number of amides is 1. The van der Waals surface area contributed by atoms with Gasteiger partial charge >= 0.3 is 0 Å². The Balaban J connectivity index is 2.05. The van der Waals surface area contributed by atoms with Crippen LogP contribution in [0.3, 0.4) is 0 Å². The van der Waals surface area contributed by atoms with E-state index in [4.69, 9.17) is 4.42 Å². The number of carbonyl (C=O) groups excluding carboxylic acids is 1. The zero-order chi connectivity index (χ0) is 15.4. The number of hydrogen-bond donors (Lipinski definition) is 1. The number of rotatable bonds is 5. The Bertz CT molecular complexity index is 612. The van der Waals surface area contributed by atoms with Crippen LogP contribution < -0.4 is 5.32 Å². The first-order valence-electron chi connectivity index (χ1n) is 6.42. The number of benzene rings is 1. The molecule has 0 fully saturated rings. The Hall–Kier alpha value is -2.21. The summed E-state index contributed by atoms with van der Waals surface area (Å²) in [6.07, 6.45) is 1.55. The maximum atomic E-state index is 13.5. The molecule has 1 heterocycles. The molecule has 0 spiro atoms. The van der Waals surface area contributed by atoms with E-state index < -0.39 is 17.5 Å². The Morgan fingerprint density at radius 3 is 2.67 bits per heavy atom. The second-order valence-electron chi connectivity index (χ2n) is 4.83. The van der Waals surface area contributed by atoms with Crippen LogP contribution in [0.2, 0.25) is 0 Å². The van der Waals surface area contributed by atoms with Crippen molar-refractivity contribution >= 4 is 5.91 Å². The van der Waals surface area contributed by atoms with Gasteiger partial charge in [-0.2, -0.15) is 0 Å². The van der Waals surface area contributed by atoms with E-state index in [-0.39, 0.29) is 18.2 Å². The molecule has 0 radical (unpaired) electrons. The van der Waals surface area contributed by atoms with E-state index in [9.17, 15) is 13.6 Å². The van der Waals surface area contributed by atoms with E-state index in [1.165, 1.54) is 0 Å². The predicted octanol–water partition coefficient (Wildman–Crippen LogP) is 2.59. The topological polar surface area (TPSA) is 45.5 Å². The molecule has 2 rings (SSSR count). The van der Waals surface area contributed by atoms with Crippen LogP contribution in [-0.2, 0) is 0 Å². The van der Waals surface area contributed by atoms with Gasteiger partial charge in [-0.1, -0.05) is 0 Å². The summed E-state index contributed by atoms with van der Waals surface area (Å²) in [5, 5.41) is 2.63. The zero-order valence-corrected chi connectivity index (χ0v) is 11.8.